The Morgan fingerprint density at radius 2 is 2.00 bits per heavy atom. The van der Waals surface area contributed by atoms with Crippen LogP contribution in [0, 0.1) is 5.92 Å². The SMILES string of the molecule is C/C=C(\C)C(=O)OC1CC(C)[C@]2(OC)CC[C@](C)(/C=C3/OC(=O)C(COC(C)=O)=C31)O2. The van der Waals surface area contributed by atoms with Crippen LogP contribution in [0.2, 0.25) is 0 Å². The Bertz CT molecular complexity index is 882. The maximum Gasteiger partial charge on any atom is 0.343 e. The Hall–Kier alpha value is -2.45. The van der Waals surface area contributed by atoms with Gasteiger partial charge in [0.1, 0.15) is 18.5 Å². The first-order valence-electron chi connectivity index (χ1n) is 10.4. The molecular weight excluding hydrogens is 404 g/mol. The molecule has 3 heterocycles. The Balaban J connectivity index is 2.13. The molecule has 0 spiro atoms. The van der Waals surface area contributed by atoms with E-state index in [1.807, 2.05) is 13.8 Å². The molecule has 0 aromatic heterocycles. The molecule has 0 radical (unpaired) electrons. The summed E-state index contributed by atoms with van der Waals surface area (Å²) in [6.45, 7) is 8.27. The van der Waals surface area contributed by atoms with Gasteiger partial charge in [0, 0.05) is 37.5 Å². The third kappa shape index (κ3) is 4.45. The third-order valence-corrected chi connectivity index (χ3v) is 6.26. The normalized spacial score (nSPS) is 34.7. The summed E-state index contributed by atoms with van der Waals surface area (Å²) in [7, 11) is 1.60. The Morgan fingerprint density at radius 3 is 2.61 bits per heavy atom. The lowest BCUT2D eigenvalue weighted by Crippen LogP contribution is -2.42. The van der Waals surface area contributed by atoms with Crippen LogP contribution in [0.3, 0.4) is 0 Å². The fraction of sp³-hybridized carbons (Fsp3) is 0.609. The minimum absolute atomic E-state index is 0.164. The molecule has 3 aliphatic rings. The molecule has 8 heteroatoms. The van der Waals surface area contributed by atoms with Crippen LogP contribution in [-0.2, 0) is 38.1 Å². The smallest absolute Gasteiger partial charge is 0.343 e. The molecule has 0 N–H and O–H groups in total. The van der Waals surface area contributed by atoms with Crippen LogP contribution in [0.5, 0.6) is 0 Å². The zero-order chi connectivity index (χ0) is 23.0. The van der Waals surface area contributed by atoms with E-state index in [0.29, 0.717) is 30.4 Å². The van der Waals surface area contributed by atoms with Crippen molar-refractivity contribution in [3.05, 3.63) is 34.6 Å². The number of carbonyl (C=O) groups excluding carboxylic acids is 3. The summed E-state index contributed by atoms with van der Waals surface area (Å²) in [5.74, 6) is -2.41. The van der Waals surface area contributed by atoms with Crippen LogP contribution >= 0.6 is 0 Å². The minimum Gasteiger partial charge on any atom is -0.461 e. The molecule has 1 saturated heterocycles. The summed E-state index contributed by atoms with van der Waals surface area (Å²) in [5.41, 5.74) is 0.285. The van der Waals surface area contributed by atoms with E-state index < -0.39 is 35.4 Å². The van der Waals surface area contributed by atoms with E-state index in [1.54, 1.807) is 33.1 Å². The van der Waals surface area contributed by atoms with Crippen molar-refractivity contribution in [3.8, 4) is 0 Å². The van der Waals surface area contributed by atoms with Gasteiger partial charge in [-0.3, -0.25) is 4.79 Å². The summed E-state index contributed by atoms with van der Waals surface area (Å²) in [6, 6.07) is 0. The fourth-order valence-electron chi connectivity index (χ4n) is 4.30. The largest absolute Gasteiger partial charge is 0.461 e. The summed E-state index contributed by atoms with van der Waals surface area (Å²) in [4.78, 5) is 36.7. The number of allylic oxidation sites excluding steroid dienone is 1. The lowest BCUT2D eigenvalue weighted by Gasteiger charge is -2.36. The van der Waals surface area contributed by atoms with Crippen LogP contribution in [-0.4, -0.2) is 49.1 Å². The van der Waals surface area contributed by atoms with Gasteiger partial charge in [-0.15, -0.1) is 0 Å². The maximum absolute atomic E-state index is 12.7. The molecule has 0 amide bonds. The van der Waals surface area contributed by atoms with Crippen molar-refractivity contribution in [1.29, 1.82) is 0 Å². The molecule has 0 aromatic carbocycles. The van der Waals surface area contributed by atoms with Crippen molar-refractivity contribution < 1.29 is 38.1 Å². The van der Waals surface area contributed by atoms with Crippen LogP contribution in [0.1, 0.15) is 53.9 Å². The molecule has 1 fully saturated rings. The molecule has 2 unspecified atom stereocenters. The maximum atomic E-state index is 12.7. The van der Waals surface area contributed by atoms with Gasteiger partial charge in [-0.2, -0.15) is 0 Å². The predicted octanol–water partition coefficient (Wildman–Crippen LogP) is 3.12. The lowest BCUT2D eigenvalue weighted by atomic mass is 9.85. The second-order valence-electron chi connectivity index (χ2n) is 8.50. The van der Waals surface area contributed by atoms with Crippen LogP contribution < -0.4 is 0 Å². The van der Waals surface area contributed by atoms with Crippen molar-refractivity contribution in [3.63, 3.8) is 0 Å². The molecule has 8 nitrogen and oxygen atoms in total. The number of rotatable bonds is 5. The van der Waals surface area contributed by atoms with Crippen molar-refractivity contribution in [2.24, 2.45) is 5.92 Å². The number of fused-ring (bicyclic) bond motifs is 3. The molecular formula is C23H30O8. The summed E-state index contributed by atoms with van der Waals surface area (Å²) in [6.07, 6.45) is 4.24. The first-order valence-corrected chi connectivity index (χ1v) is 10.4. The van der Waals surface area contributed by atoms with Gasteiger partial charge in [-0.1, -0.05) is 13.0 Å². The topological polar surface area (TPSA) is 97.4 Å². The number of hydrogen-bond acceptors (Lipinski definition) is 8. The monoisotopic (exact) mass is 434 g/mol. The molecule has 3 rings (SSSR count). The van der Waals surface area contributed by atoms with Crippen LogP contribution in [0.25, 0.3) is 0 Å². The first kappa shape index (κ1) is 23.2. The number of ether oxygens (including phenoxy) is 5. The Labute approximate surface area is 182 Å². The van der Waals surface area contributed by atoms with Crippen LogP contribution in [0.4, 0.5) is 0 Å². The van der Waals surface area contributed by atoms with Gasteiger partial charge in [-0.05, 0) is 39.7 Å². The second kappa shape index (κ2) is 8.59. The quantitative estimate of drug-likeness (QED) is 0.370. The van der Waals surface area contributed by atoms with Gasteiger partial charge in [0.2, 0.25) is 0 Å². The third-order valence-electron chi connectivity index (χ3n) is 6.26. The van der Waals surface area contributed by atoms with E-state index in [4.69, 9.17) is 23.7 Å². The number of methoxy groups -OCH3 is 1. The van der Waals surface area contributed by atoms with Crippen molar-refractivity contribution in [2.45, 2.75) is 71.4 Å². The van der Waals surface area contributed by atoms with E-state index in [1.165, 1.54) is 6.92 Å². The zero-order valence-electron chi connectivity index (χ0n) is 18.9. The Morgan fingerprint density at radius 1 is 1.29 bits per heavy atom. The average Bonchev–Trinajstić information content (AvgIpc) is 3.22. The fourth-order valence-corrected chi connectivity index (χ4v) is 4.30. The Kier molecular flexibility index (Phi) is 6.43. The first-order chi connectivity index (χ1) is 14.5. The highest BCUT2D eigenvalue weighted by Gasteiger charge is 2.53. The lowest BCUT2D eigenvalue weighted by molar-refractivity contribution is -0.255. The minimum atomic E-state index is -0.856. The van der Waals surface area contributed by atoms with E-state index in [2.05, 4.69) is 0 Å². The highest BCUT2D eigenvalue weighted by molar-refractivity contribution is 5.96. The van der Waals surface area contributed by atoms with E-state index in [-0.39, 0.29) is 23.9 Å². The van der Waals surface area contributed by atoms with Gasteiger partial charge in [-0.25, -0.2) is 9.59 Å². The molecule has 0 aromatic rings. The molecule has 0 saturated carbocycles. The molecule has 2 bridgehead atoms. The predicted molar refractivity (Wildman–Crippen MR) is 109 cm³/mol. The number of hydrogen-bond donors (Lipinski definition) is 0. The van der Waals surface area contributed by atoms with Gasteiger partial charge in [0.15, 0.2) is 5.79 Å². The van der Waals surface area contributed by atoms with Crippen molar-refractivity contribution in [2.75, 3.05) is 13.7 Å². The van der Waals surface area contributed by atoms with Gasteiger partial charge in [0.25, 0.3) is 0 Å². The highest BCUT2D eigenvalue weighted by atomic mass is 16.7. The van der Waals surface area contributed by atoms with Gasteiger partial charge in [0.05, 0.1) is 11.2 Å². The second-order valence-corrected chi connectivity index (χ2v) is 8.50. The van der Waals surface area contributed by atoms with Gasteiger partial charge < -0.3 is 23.7 Å². The standard InChI is InChI=1S/C23H30O8/c1-7-13(2)20(25)29-17-10-14(3)23(27-6)9-8-22(5,31-23)11-18-19(17)16(21(26)30-18)12-28-15(4)24/h7,11,14,17H,8-10,12H2,1-6H3/b13-7+,18-11+/t14?,17?,22-,23+/m1/s1. The average molecular weight is 434 g/mol. The van der Waals surface area contributed by atoms with Crippen molar-refractivity contribution >= 4 is 17.9 Å². The van der Waals surface area contributed by atoms with Crippen LogP contribution in [0.15, 0.2) is 34.6 Å². The molecule has 3 aliphatic heterocycles. The summed E-state index contributed by atoms with van der Waals surface area (Å²) < 4.78 is 28.7. The van der Waals surface area contributed by atoms with Crippen molar-refractivity contribution in [1.82, 2.24) is 0 Å². The molecule has 31 heavy (non-hydrogen) atoms. The number of esters is 3. The zero-order valence-corrected chi connectivity index (χ0v) is 18.9. The molecule has 170 valence electrons. The number of carbonyl (C=O) groups is 3. The molecule has 4 atom stereocenters. The highest BCUT2D eigenvalue weighted by Crippen LogP contribution is 2.49. The summed E-state index contributed by atoms with van der Waals surface area (Å²) >= 11 is 0. The van der Waals surface area contributed by atoms with E-state index >= 15 is 0 Å². The van der Waals surface area contributed by atoms with E-state index in [0.717, 1.165) is 0 Å². The van der Waals surface area contributed by atoms with E-state index in [9.17, 15) is 14.4 Å². The molecule has 0 aliphatic carbocycles. The summed E-state index contributed by atoms with van der Waals surface area (Å²) in [5, 5.41) is 0. The van der Waals surface area contributed by atoms with Gasteiger partial charge >= 0.3 is 17.9 Å².